The summed E-state index contributed by atoms with van der Waals surface area (Å²) in [7, 11) is 3.20. The average molecular weight is 572 g/mol. The lowest BCUT2D eigenvalue weighted by atomic mass is 10.0. The monoisotopic (exact) mass is 571 g/mol. The van der Waals surface area contributed by atoms with Gasteiger partial charge in [-0.1, -0.05) is 54.8 Å². The van der Waals surface area contributed by atoms with Gasteiger partial charge in [0.1, 0.15) is 5.56 Å². The Balaban J connectivity index is 1.61. The van der Waals surface area contributed by atoms with Gasteiger partial charge >= 0.3 is 0 Å². The van der Waals surface area contributed by atoms with Crippen LogP contribution in [0.3, 0.4) is 0 Å². The van der Waals surface area contributed by atoms with Gasteiger partial charge in [-0.05, 0) is 42.6 Å². The maximum absolute atomic E-state index is 14.2. The van der Waals surface area contributed by atoms with Crippen molar-refractivity contribution in [3.05, 3.63) is 118 Å². The summed E-state index contributed by atoms with van der Waals surface area (Å²) in [6, 6.07) is 19.6. The number of rotatable bonds is 7. The number of allylic oxidation sites excluding steroid dienone is 1. The number of pyridine rings is 2. The van der Waals surface area contributed by atoms with E-state index in [0.717, 1.165) is 0 Å². The second-order valence-electron chi connectivity index (χ2n) is 9.57. The van der Waals surface area contributed by atoms with Gasteiger partial charge in [0, 0.05) is 48.0 Å². The van der Waals surface area contributed by atoms with E-state index in [9.17, 15) is 9.59 Å². The Bertz CT molecular complexity index is 1980. The fourth-order valence-corrected chi connectivity index (χ4v) is 4.73. The molecule has 0 aliphatic carbocycles. The Morgan fingerprint density at radius 1 is 1.14 bits per heavy atom. The maximum Gasteiger partial charge on any atom is 0.264 e. The molecule has 214 valence electrons. The molecule has 3 N–H and O–H groups in total. The highest BCUT2D eigenvalue weighted by Gasteiger charge is 2.24. The third kappa shape index (κ3) is 5.78. The standard InChI is InChI=1S/C33H29N7O3/c1-5-18-35-31-29(30(34)38-39(31)3)32(41)37-21(2)26-19-24-11-9-10-23(16-14-22-15-17-27(43-4)36-20-22)28(24)33(42)40(26)25-12-7-6-8-13-25/h5-13,15,17-21H,1H2,2-4H3,(H2,34,38)(H,37,41)/b35-18-. The number of anilines is 1. The summed E-state index contributed by atoms with van der Waals surface area (Å²) in [5.74, 6) is 6.56. The van der Waals surface area contributed by atoms with Crippen molar-refractivity contribution in [3.63, 3.8) is 0 Å². The van der Waals surface area contributed by atoms with Crippen LogP contribution >= 0.6 is 0 Å². The Morgan fingerprint density at radius 2 is 1.93 bits per heavy atom. The maximum atomic E-state index is 14.2. The SMILES string of the molecule is C=C/C=N\c1c(C(=O)NC(C)c2cc3cccc(C#Cc4ccc(OC)nc4)c3c(=O)n2-c2ccccc2)c(N)nn1C. The van der Waals surface area contributed by atoms with Crippen LogP contribution in [-0.2, 0) is 7.05 Å². The molecule has 0 aliphatic heterocycles. The Hall–Kier alpha value is -5.95. The van der Waals surface area contributed by atoms with Crippen LogP contribution in [0.2, 0.25) is 0 Å². The van der Waals surface area contributed by atoms with Crippen molar-refractivity contribution in [2.24, 2.45) is 12.0 Å². The zero-order valence-electron chi connectivity index (χ0n) is 23.9. The summed E-state index contributed by atoms with van der Waals surface area (Å²) >= 11 is 0. The summed E-state index contributed by atoms with van der Waals surface area (Å²) in [4.78, 5) is 36.2. The van der Waals surface area contributed by atoms with E-state index in [2.05, 4.69) is 38.8 Å². The zero-order chi connectivity index (χ0) is 30.5. The van der Waals surface area contributed by atoms with E-state index in [1.54, 1.807) is 44.0 Å². The van der Waals surface area contributed by atoms with E-state index in [1.807, 2.05) is 54.6 Å². The number of amides is 1. The van der Waals surface area contributed by atoms with Gasteiger partial charge in [-0.15, -0.1) is 0 Å². The predicted molar refractivity (Wildman–Crippen MR) is 168 cm³/mol. The smallest absolute Gasteiger partial charge is 0.264 e. The molecule has 1 amide bonds. The number of methoxy groups -OCH3 is 1. The van der Waals surface area contributed by atoms with Gasteiger partial charge in [0.2, 0.25) is 5.88 Å². The number of fused-ring (bicyclic) bond motifs is 1. The van der Waals surface area contributed by atoms with Crippen LogP contribution in [0, 0.1) is 11.8 Å². The normalized spacial score (nSPS) is 11.6. The van der Waals surface area contributed by atoms with Crippen molar-refractivity contribution < 1.29 is 9.53 Å². The van der Waals surface area contributed by atoms with Crippen LogP contribution in [-0.4, -0.2) is 38.6 Å². The van der Waals surface area contributed by atoms with Crippen molar-refractivity contribution in [1.29, 1.82) is 0 Å². The number of aliphatic imine (C=N–C) groups is 1. The van der Waals surface area contributed by atoms with Gasteiger partial charge in [0.25, 0.3) is 11.5 Å². The summed E-state index contributed by atoms with van der Waals surface area (Å²) in [6.45, 7) is 5.43. The van der Waals surface area contributed by atoms with Crippen LogP contribution in [0.15, 0.2) is 95.4 Å². The number of nitrogen functional groups attached to an aromatic ring is 1. The first kappa shape index (κ1) is 28.6. The van der Waals surface area contributed by atoms with E-state index >= 15 is 0 Å². The molecular weight excluding hydrogens is 542 g/mol. The minimum atomic E-state index is -0.610. The van der Waals surface area contributed by atoms with Crippen molar-refractivity contribution in [2.45, 2.75) is 13.0 Å². The average Bonchev–Trinajstić information content (AvgIpc) is 3.31. The molecule has 0 saturated heterocycles. The third-order valence-electron chi connectivity index (χ3n) is 6.74. The number of para-hydroxylation sites is 1. The quantitative estimate of drug-likeness (QED) is 0.219. The molecule has 10 heteroatoms. The lowest BCUT2D eigenvalue weighted by Gasteiger charge is -2.21. The molecular formula is C33H29N7O3. The van der Waals surface area contributed by atoms with Crippen LogP contribution in [0.5, 0.6) is 5.88 Å². The number of carbonyl (C=O) groups is 1. The number of nitrogens with two attached hydrogens (primary N) is 1. The van der Waals surface area contributed by atoms with E-state index in [4.69, 9.17) is 10.5 Å². The van der Waals surface area contributed by atoms with Crippen LogP contribution in [0.25, 0.3) is 16.5 Å². The van der Waals surface area contributed by atoms with E-state index in [-0.39, 0.29) is 22.8 Å². The minimum absolute atomic E-state index is 0.0395. The number of ether oxygens (including phenoxy) is 1. The molecule has 0 saturated carbocycles. The largest absolute Gasteiger partial charge is 0.481 e. The van der Waals surface area contributed by atoms with Crippen molar-refractivity contribution >= 4 is 34.5 Å². The molecule has 10 nitrogen and oxygen atoms in total. The second kappa shape index (κ2) is 12.3. The molecule has 0 aliphatic rings. The highest BCUT2D eigenvalue weighted by molar-refractivity contribution is 6.03. The Morgan fingerprint density at radius 3 is 2.63 bits per heavy atom. The van der Waals surface area contributed by atoms with Gasteiger partial charge in [-0.25, -0.2) is 14.7 Å². The van der Waals surface area contributed by atoms with Crippen molar-refractivity contribution in [2.75, 3.05) is 12.8 Å². The van der Waals surface area contributed by atoms with E-state index in [1.165, 1.54) is 17.0 Å². The number of aryl methyl sites for hydroxylation is 1. The molecule has 0 radical (unpaired) electrons. The molecule has 43 heavy (non-hydrogen) atoms. The molecule has 3 heterocycles. The predicted octanol–water partition coefficient (Wildman–Crippen LogP) is 4.49. The fraction of sp³-hybridized carbons (Fsp3) is 0.121. The summed E-state index contributed by atoms with van der Waals surface area (Å²) in [5.41, 5.74) is 8.41. The number of nitrogens with zero attached hydrogens (tertiary/aromatic N) is 5. The molecule has 1 unspecified atom stereocenters. The molecule has 5 rings (SSSR count). The second-order valence-corrected chi connectivity index (χ2v) is 9.57. The van der Waals surface area contributed by atoms with E-state index in [0.29, 0.717) is 39.2 Å². The molecule has 0 spiro atoms. The van der Waals surface area contributed by atoms with Gasteiger partial charge in [0.05, 0.1) is 18.5 Å². The van der Waals surface area contributed by atoms with Gasteiger partial charge < -0.3 is 15.8 Å². The molecule has 1 atom stereocenters. The highest BCUT2D eigenvalue weighted by Crippen LogP contribution is 2.27. The number of hydrogen-bond acceptors (Lipinski definition) is 7. The molecule has 0 bridgehead atoms. The zero-order valence-corrected chi connectivity index (χ0v) is 23.9. The van der Waals surface area contributed by atoms with Crippen LogP contribution in [0.1, 0.15) is 40.1 Å². The first-order valence-corrected chi connectivity index (χ1v) is 13.4. The minimum Gasteiger partial charge on any atom is -0.481 e. The first-order chi connectivity index (χ1) is 20.8. The topological polar surface area (TPSA) is 129 Å². The number of hydrogen-bond donors (Lipinski definition) is 2. The molecule has 3 aromatic heterocycles. The number of carbonyl (C=O) groups excluding carboxylic acids is 1. The Labute approximate surface area is 248 Å². The number of aromatic nitrogens is 4. The summed E-state index contributed by atoms with van der Waals surface area (Å²) in [6.07, 6.45) is 4.57. The summed E-state index contributed by atoms with van der Waals surface area (Å²) < 4.78 is 8.14. The lowest BCUT2D eigenvalue weighted by Crippen LogP contribution is -2.32. The van der Waals surface area contributed by atoms with Crippen LogP contribution in [0.4, 0.5) is 11.6 Å². The van der Waals surface area contributed by atoms with Gasteiger partial charge in [-0.2, -0.15) is 5.10 Å². The molecule has 2 aromatic carbocycles. The lowest BCUT2D eigenvalue weighted by molar-refractivity contribution is 0.0940. The number of nitrogens with one attached hydrogen (secondary N) is 1. The highest BCUT2D eigenvalue weighted by atomic mass is 16.5. The Kier molecular flexibility index (Phi) is 8.16. The third-order valence-corrected chi connectivity index (χ3v) is 6.74. The van der Waals surface area contributed by atoms with Crippen LogP contribution < -0.4 is 21.3 Å². The molecule has 5 aromatic rings. The van der Waals surface area contributed by atoms with E-state index < -0.39 is 11.9 Å². The van der Waals surface area contributed by atoms with Crippen molar-refractivity contribution in [1.82, 2.24) is 24.6 Å². The summed E-state index contributed by atoms with van der Waals surface area (Å²) in [5, 5.41) is 8.27. The first-order valence-electron chi connectivity index (χ1n) is 13.4. The van der Waals surface area contributed by atoms with Gasteiger partial charge in [0.15, 0.2) is 11.6 Å². The van der Waals surface area contributed by atoms with Gasteiger partial charge in [-0.3, -0.25) is 14.2 Å². The van der Waals surface area contributed by atoms with Crippen molar-refractivity contribution in [3.8, 4) is 23.4 Å². The molecule has 0 fully saturated rings. The number of benzene rings is 2. The fourth-order valence-electron chi connectivity index (χ4n) is 4.73.